The second-order valence-corrected chi connectivity index (χ2v) is 7.12. The Hall–Kier alpha value is -3.30. The maximum Gasteiger partial charge on any atom is 0.262 e. The Bertz CT molecular complexity index is 1040. The van der Waals surface area contributed by atoms with Crippen molar-refractivity contribution in [1.29, 1.82) is 5.26 Å². The van der Waals surface area contributed by atoms with E-state index in [1.54, 1.807) is 24.5 Å². The lowest BCUT2D eigenvalue weighted by molar-refractivity contribution is -0.117. The molecule has 0 saturated heterocycles. The van der Waals surface area contributed by atoms with Gasteiger partial charge in [0.15, 0.2) is 0 Å². The fourth-order valence-electron chi connectivity index (χ4n) is 3.04. The maximum atomic E-state index is 12.4. The van der Waals surface area contributed by atoms with Crippen molar-refractivity contribution in [2.75, 3.05) is 7.11 Å². The van der Waals surface area contributed by atoms with E-state index in [4.69, 9.17) is 4.74 Å². The summed E-state index contributed by atoms with van der Waals surface area (Å²) >= 11 is 1.57. The average Bonchev–Trinajstić information content (AvgIpc) is 3.32. The maximum absolute atomic E-state index is 12.4. The van der Waals surface area contributed by atoms with Gasteiger partial charge in [0.25, 0.3) is 5.91 Å². The number of carbonyl (C=O) groups excluding carboxylic acids is 1. The standard InChI is InChI=1S/C22H21N3O2S/c1-15-10-18(16(2)25(15)20-4-6-21(27-3)7-5-20)11-19(12-23)22(26)24-13-17-8-9-28-14-17/h4-11,14H,13H2,1-3H3,(H,24,26)/b19-11+. The number of carbonyl (C=O) groups is 1. The summed E-state index contributed by atoms with van der Waals surface area (Å²) in [5.74, 6) is 0.420. The van der Waals surface area contributed by atoms with Crippen molar-refractivity contribution < 1.29 is 9.53 Å². The van der Waals surface area contributed by atoms with Crippen molar-refractivity contribution in [2.45, 2.75) is 20.4 Å². The zero-order valence-electron chi connectivity index (χ0n) is 16.0. The SMILES string of the molecule is COc1ccc(-n2c(C)cc(/C=C(\C#N)C(=O)NCc3ccsc3)c2C)cc1. The Morgan fingerprint density at radius 3 is 2.64 bits per heavy atom. The van der Waals surface area contributed by atoms with E-state index in [1.807, 2.05) is 67.1 Å². The Morgan fingerprint density at radius 2 is 2.04 bits per heavy atom. The monoisotopic (exact) mass is 391 g/mol. The summed E-state index contributed by atoms with van der Waals surface area (Å²) < 4.78 is 7.30. The van der Waals surface area contributed by atoms with Crippen molar-refractivity contribution >= 4 is 23.3 Å². The molecule has 0 fully saturated rings. The minimum Gasteiger partial charge on any atom is -0.497 e. The van der Waals surface area contributed by atoms with Gasteiger partial charge in [-0.2, -0.15) is 16.6 Å². The Balaban J connectivity index is 1.85. The summed E-state index contributed by atoms with van der Waals surface area (Å²) in [7, 11) is 1.64. The Morgan fingerprint density at radius 1 is 1.29 bits per heavy atom. The number of nitrogens with one attached hydrogen (secondary N) is 1. The summed E-state index contributed by atoms with van der Waals surface area (Å²) in [6, 6.07) is 13.7. The molecule has 5 nitrogen and oxygen atoms in total. The fraction of sp³-hybridized carbons (Fsp3) is 0.182. The van der Waals surface area contributed by atoms with Gasteiger partial charge in [0.05, 0.1) is 7.11 Å². The Labute approximate surface area is 168 Å². The van der Waals surface area contributed by atoms with Gasteiger partial charge in [-0.3, -0.25) is 4.79 Å². The molecule has 0 radical (unpaired) electrons. The molecule has 28 heavy (non-hydrogen) atoms. The molecule has 1 amide bonds. The molecule has 2 heterocycles. The molecule has 0 atom stereocenters. The number of hydrogen-bond acceptors (Lipinski definition) is 4. The van der Waals surface area contributed by atoms with Crippen molar-refractivity contribution in [3.63, 3.8) is 0 Å². The van der Waals surface area contributed by atoms with Gasteiger partial charge < -0.3 is 14.6 Å². The van der Waals surface area contributed by atoms with Crippen LogP contribution in [-0.2, 0) is 11.3 Å². The smallest absolute Gasteiger partial charge is 0.262 e. The van der Waals surface area contributed by atoms with Crippen LogP contribution in [0.15, 0.2) is 52.7 Å². The first kappa shape index (κ1) is 19.5. The van der Waals surface area contributed by atoms with E-state index in [-0.39, 0.29) is 11.5 Å². The normalized spacial score (nSPS) is 11.1. The number of aromatic nitrogens is 1. The topological polar surface area (TPSA) is 67.0 Å². The zero-order chi connectivity index (χ0) is 20.1. The average molecular weight is 391 g/mol. The first-order chi connectivity index (χ1) is 13.5. The third kappa shape index (κ3) is 4.16. The fourth-order valence-corrected chi connectivity index (χ4v) is 3.71. The highest BCUT2D eigenvalue weighted by molar-refractivity contribution is 7.07. The van der Waals surface area contributed by atoms with Gasteiger partial charge in [0.2, 0.25) is 0 Å². The number of nitriles is 1. The van der Waals surface area contributed by atoms with Crippen LogP contribution in [0.2, 0.25) is 0 Å². The largest absolute Gasteiger partial charge is 0.497 e. The Kier molecular flexibility index (Phi) is 5.97. The predicted octanol–water partition coefficient (Wildman–Crippen LogP) is 4.39. The molecule has 0 aliphatic heterocycles. The van der Waals surface area contributed by atoms with Crippen LogP contribution in [0.25, 0.3) is 11.8 Å². The molecule has 3 aromatic rings. The molecule has 0 aliphatic rings. The van der Waals surface area contributed by atoms with Crippen LogP contribution in [0.3, 0.4) is 0 Å². The molecule has 142 valence electrons. The lowest BCUT2D eigenvalue weighted by atomic mass is 10.1. The number of amides is 1. The third-order valence-electron chi connectivity index (χ3n) is 4.50. The highest BCUT2D eigenvalue weighted by Gasteiger charge is 2.14. The van der Waals surface area contributed by atoms with Gasteiger partial charge in [0, 0.05) is 23.6 Å². The van der Waals surface area contributed by atoms with E-state index >= 15 is 0 Å². The highest BCUT2D eigenvalue weighted by atomic mass is 32.1. The molecule has 0 unspecified atom stereocenters. The number of methoxy groups -OCH3 is 1. The van der Waals surface area contributed by atoms with Crippen LogP contribution in [0.5, 0.6) is 5.75 Å². The highest BCUT2D eigenvalue weighted by Crippen LogP contribution is 2.24. The minimum absolute atomic E-state index is 0.0882. The van der Waals surface area contributed by atoms with Crippen LogP contribution in [-0.4, -0.2) is 17.6 Å². The minimum atomic E-state index is -0.372. The van der Waals surface area contributed by atoms with E-state index in [9.17, 15) is 10.1 Å². The van der Waals surface area contributed by atoms with Gasteiger partial charge in [-0.1, -0.05) is 0 Å². The van der Waals surface area contributed by atoms with Crippen LogP contribution >= 0.6 is 11.3 Å². The number of benzene rings is 1. The van der Waals surface area contributed by atoms with E-state index in [0.717, 1.165) is 34.0 Å². The molecule has 1 aromatic carbocycles. The molecule has 6 heteroatoms. The van der Waals surface area contributed by atoms with Gasteiger partial charge >= 0.3 is 0 Å². The number of hydrogen-bond donors (Lipinski definition) is 1. The summed E-state index contributed by atoms with van der Waals surface area (Å²) in [5.41, 5.74) is 4.93. The van der Waals surface area contributed by atoms with Crippen molar-refractivity contribution in [3.05, 3.63) is 75.2 Å². The zero-order valence-corrected chi connectivity index (χ0v) is 16.8. The van der Waals surface area contributed by atoms with Gasteiger partial charge in [-0.25, -0.2) is 0 Å². The van der Waals surface area contributed by atoms with Crippen LogP contribution in [0, 0.1) is 25.2 Å². The van der Waals surface area contributed by atoms with Crippen LogP contribution in [0.4, 0.5) is 0 Å². The lowest BCUT2D eigenvalue weighted by Crippen LogP contribution is -2.23. The van der Waals surface area contributed by atoms with E-state index in [1.165, 1.54) is 0 Å². The number of aryl methyl sites for hydroxylation is 1. The summed E-state index contributed by atoms with van der Waals surface area (Å²) in [4.78, 5) is 12.4. The van der Waals surface area contributed by atoms with Crippen LogP contribution in [0.1, 0.15) is 22.5 Å². The molecule has 3 rings (SSSR count). The lowest BCUT2D eigenvalue weighted by Gasteiger charge is -2.10. The van der Waals surface area contributed by atoms with Crippen molar-refractivity contribution in [1.82, 2.24) is 9.88 Å². The predicted molar refractivity (Wildman–Crippen MR) is 112 cm³/mol. The van der Waals surface area contributed by atoms with E-state index < -0.39 is 0 Å². The molecule has 0 bridgehead atoms. The van der Waals surface area contributed by atoms with Crippen molar-refractivity contribution in [2.24, 2.45) is 0 Å². The first-order valence-electron chi connectivity index (χ1n) is 8.78. The molecule has 0 spiro atoms. The third-order valence-corrected chi connectivity index (χ3v) is 5.23. The molecule has 0 saturated carbocycles. The molecule has 0 aliphatic carbocycles. The molecular weight excluding hydrogens is 370 g/mol. The van der Waals surface area contributed by atoms with Gasteiger partial charge in [-0.15, -0.1) is 0 Å². The second-order valence-electron chi connectivity index (χ2n) is 6.34. The van der Waals surface area contributed by atoms with Crippen LogP contribution < -0.4 is 10.1 Å². The second kappa shape index (κ2) is 8.59. The van der Waals surface area contributed by atoms with E-state index in [2.05, 4.69) is 9.88 Å². The number of rotatable bonds is 6. The number of ether oxygens (including phenoxy) is 1. The van der Waals surface area contributed by atoms with E-state index in [0.29, 0.717) is 6.54 Å². The van der Waals surface area contributed by atoms with Crippen molar-refractivity contribution in [3.8, 4) is 17.5 Å². The molecule has 2 aromatic heterocycles. The summed E-state index contributed by atoms with van der Waals surface area (Å²) in [6.45, 7) is 4.38. The summed E-state index contributed by atoms with van der Waals surface area (Å²) in [5, 5.41) is 16.2. The summed E-state index contributed by atoms with van der Waals surface area (Å²) in [6.07, 6.45) is 1.64. The number of nitrogens with zero attached hydrogens (tertiary/aromatic N) is 2. The van der Waals surface area contributed by atoms with Gasteiger partial charge in [0.1, 0.15) is 17.4 Å². The first-order valence-corrected chi connectivity index (χ1v) is 9.72. The number of thiophene rings is 1. The quantitative estimate of drug-likeness (QED) is 0.501. The molecular formula is C22H21N3O2S. The molecule has 1 N–H and O–H groups in total. The van der Waals surface area contributed by atoms with Gasteiger partial charge in [-0.05, 0) is 78.2 Å².